The quantitative estimate of drug-likeness (QED) is 0.565. The van der Waals surface area contributed by atoms with Crippen molar-refractivity contribution in [3.05, 3.63) is 0 Å². The molecule has 1 rings (SSSR count). The lowest BCUT2D eigenvalue weighted by Crippen LogP contribution is -2.51. The van der Waals surface area contributed by atoms with E-state index in [1.54, 1.807) is 0 Å². The molecule has 0 aromatic rings. The third-order valence-corrected chi connectivity index (χ3v) is 3.84. The van der Waals surface area contributed by atoms with Crippen LogP contribution in [-0.2, 0) is 0 Å². The van der Waals surface area contributed by atoms with Gasteiger partial charge in [-0.15, -0.1) is 0 Å². The number of unbranched alkanes of at least 4 members (excludes halogenated alkanes) is 1. The van der Waals surface area contributed by atoms with Crippen molar-refractivity contribution in [2.45, 2.75) is 51.7 Å². The second-order valence-electron chi connectivity index (χ2n) is 5.58. The van der Waals surface area contributed by atoms with E-state index in [1.807, 2.05) is 6.92 Å². The molecule has 0 radical (unpaired) electrons. The number of aliphatic hydroxyl groups excluding tert-OH is 2. The van der Waals surface area contributed by atoms with Gasteiger partial charge in [0.05, 0.1) is 6.10 Å². The molecule has 1 aliphatic heterocycles. The molecule has 4 heteroatoms. The van der Waals surface area contributed by atoms with Crippen molar-refractivity contribution in [3.8, 4) is 0 Å². The van der Waals surface area contributed by atoms with E-state index in [-0.39, 0.29) is 12.7 Å². The first kappa shape index (κ1) is 15.9. The molecule has 0 spiro atoms. The van der Waals surface area contributed by atoms with Crippen molar-refractivity contribution in [1.82, 2.24) is 10.2 Å². The molecule has 0 aromatic heterocycles. The lowest BCUT2D eigenvalue weighted by Gasteiger charge is -2.39. The van der Waals surface area contributed by atoms with Crippen LogP contribution in [0.2, 0.25) is 0 Å². The van der Waals surface area contributed by atoms with Crippen molar-refractivity contribution in [2.75, 3.05) is 32.8 Å². The van der Waals surface area contributed by atoms with Gasteiger partial charge in [0.25, 0.3) is 0 Å². The van der Waals surface area contributed by atoms with E-state index in [1.165, 1.54) is 12.8 Å². The third kappa shape index (κ3) is 5.65. The second-order valence-corrected chi connectivity index (χ2v) is 5.58. The summed E-state index contributed by atoms with van der Waals surface area (Å²) in [5, 5.41) is 22.1. The molecule has 3 atom stereocenters. The number of nitrogens with one attached hydrogen (secondary N) is 1. The molecule has 1 fully saturated rings. The van der Waals surface area contributed by atoms with E-state index in [9.17, 15) is 5.11 Å². The minimum atomic E-state index is -0.225. The van der Waals surface area contributed by atoms with Crippen molar-refractivity contribution in [2.24, 2.45) is 5.92 Å². The van der Waals surface area contributed by atoms with Gasteiger partial charge in [0.15, 0.2) is 0 Å². The molecule has 1 aliphatic rings. The standard InChI is InChI=1S/C14H30N2O2/c1-3-4-7-16-10-13(12(2)18)9-14(11-16)15-6-5-8-17/h12-15,17-18H,3-11H2,1-2H3. The monoisotopic (exact) mass is 258 g/mol. The highest BCUT2D eigenvalue weighted by Crippen LogP contribution is 2.20. The number of likely N-dealkylation sites (tertiary alicyclic amines) is 1. The van der Waals surface area contributed by atoms with Gasteiger partial charge in [-0.2, -0.15) is 0 Å². The van der Waals surface area contributed by atoms with Crippen LogP contribution in [0.4, 0.5) is 0 Å². The number of aliphatic hydroxyl groups is 2. The van der Waals surface area contributed by atoms with E-state index in [4.69, 9.17) is 5.11 Å². The van der Waals surface area contributed by atoms with Gasteiger partial charge in [-0.3, -0.25) is 0 Å². The highest BCUT2D eigenvalue weighted by atomic mass is 16.3. The van der Waals surface area contributed by atoms with Gasteiger partial charge in [0, 0.05) is 25.7 Å². The third-order valence-electron chi connectivity index (χ3n) is 3.84. The van der Waals surface area contributed by atoms with Crippen LogP contribution in [0.1, 0.15) is 39.5 Å². The maximum Gasteiger partial charge on any atom is 0.0553 e. The fraction of sp³-hybridized carbons (Fsp3) is 1.00. The molecule has 0 amide bonds. The molecule has 0 aliphatic carbocycles. The summed E-state index contributed by atoms with van der Waals surface area (Å²) in [7, 11) is 0. The predicted octanol–water partition coefficient (Wildman–Crippen LogP) is 0.830. The average molecular weight is 258 g/mol. The van der Waals surface area contributed by atoms with Crippen LogP contribution in [-0.4, -0.2) is 60.0 Å². The average Bonchev–Trinajstić information content (AvgIpc) is 2.36. The molecule has 1 saturated heterocycles. The van der Waals surface area contributed by atoms with Crippen molar-refractivity contribution in [1.29, 1.82) is 0 Å². The van der Waals surface area contributed by atoms with Gasteiger partial charge in [-0.1, -0.05) is 13.3 Å². The summed E-state index contributed by atoms with van der Waals surface area (Å²) in [5.41, 5.74) is 0. The number of piperidine rings is 1. The van der Waals surface area contributed by atoms with Crippen LogP contribution >= 0.6 is 0 Å². The normalized spacial score (nSPS) is 27.3. The Morgan fingerprint density at radius 3 is 2.72 bits per heavy atom. The van der Waals surface area contributed by atoms with Crippen molar-refractivity contribution >= 4 is 0 Å². The smallest absolute Gasteiger partial charge is 0.0553 e. The summed E-state index contributed by atoms with van der Waals surface area (Å²) in [4.78, 5) is 2.47. The van der Waals surface area contributed by atoms with E-state index in [0.717, 1.165) is 39.0 Å². The first-order chi connectivity index (χ1) is 8.67. The van der Waals surface area contributed by atoms with Gasteiger partial charge in [0.2, 0.25) is 0 Å². The summed E-state index contributed by atoms with van der Waals surface area (Å²) in [6.45, 7) is 8.47. The molecule has 18 heavy (non-hydrogen) atoms. The van der Waals surface area contributed by atoms with Crippen LogP contribution in [0.15, 0.2) is 0 Å². The molecular formula is C14H30N2O2. The SMILES string of the molecule is CCCCN1CC(NCCCO)CC(C(C)O)C1. The zero-order chi connectivity index (χ0) is 13.4. The Morgan fingerprint density at radius 2 is 2.11 bits per heavy atom. The minimum absolute atomic E-state index is 0.225. The number of hydrogen-bond donors (Lipinski definition) is 3. The summed E-state index contributed by atoms with van der Waals surface area (Å²) in [5.74, 6) is 0.377. The van der Waals surface area contributed by atoms with Crippen molar-refractivity contribution in [3.63, 3.8) is 0 Å². The molecule has 3 unspecified atom stereocenters. The first-order valence-corrected chi connectivity index (χ1v) is 7.42. The Hall–Kier alpha value is -0.160. The summed E-state index contributed by atoms with van der Waals surface area (Å²) in [6.07, 6.45) is 4.08. The zero-order valence-corrected chi connectivity index (χ0v) is 11.9. The Bertz CT molecular complexity index is 212. The van der Waals surface area contributed by atoms with Gasteiger partial charge in [0.1, 0.15) is 0 Å². The number of hydrogen-bond acceptors (Lipinski definition) is 4. The van der Waals surface area contributed by atoms with Gasteiger partial charge < -0.3 is 20.4 Å². The Labute approximate surface area is 111 Å². The molecule has 108 valence electrons. The second kappa shape index (κ2) is 8.86. The predicted molar refractivity (Wildman–Crippen MR) is 74.6 cm³/mol. The summed E-state index contributed by atoms with van der Waals surface area (Å²) >= 11 is 0. The first-order valence-electron chi connectivity index (χ1n) is 7.42. The lowest BCUT2D eigenvalue weighted by atomic mass is 9.90. The highest BCUT2D eigenvalue weighted by Gasteiger charge is 2.29. The summed E-state index contributed by atoms with van der Waals surface area (Å²) < 4.78 is 0. The van der Waals surface area contributed by atoms with Crippen molar-refractivity contribution < 1.29 is 10.2 Å². The van der Waals surface area contributed by atoms with Crippen LogP contribution in [0.3, 0.4) is 0 Å². The maximum absolute atomic E-state index is 9.82. The molecule has 0 saturated carbocycles. The molecule has 4 nitrogen and oxygen atoms in total. The van der Waals surface area contributed by atoms with Gasteiger partial charge >= 0.3 is 0 Å². The van der Waals surface area contributed by atoms with Crippen LogP contribution < -0.4 is 5.32 Å². The van der Waals surface area contributed by atoms with E-state index in [0.29, 0.717) is 12.0 Å². The highest BCUT2D eigenvalue weighted by molar-refractivity contribution is 4.85. The maximum atomic E-state index is 9.82. The van der Waals surface area contributed by atoms with Crippen LogP contribution in [0, 0.1) is 5.92 Å². The molecule has 0 aromatic carbocycles. The van der Waals surface area contributed by atoms with E-state index in [2.05, 4.69) is 17.1 Å². The fourth-order valence-electron chi connectivity index (χ4n) is 2.68. The number of rotatable bonds is 8. The Balaban J connectivity index is 2.40. The zero-order valence-electron chi connectivity index (χ0n) is 11.9. The molecular weight excluding hydrogens is 228 g/mol. The van der Waals surface area contributed by atoms with Crippen LogP contribution in [0.25, 0.3) is 0 Å². The van der Waals surface area contributed by atoms with Gasteiger partial charge in [-0.05, 0) is 45.2 Å². The summed E-state index contributed by atoms with van der Waals surface area (Å²) in [6, 6.07) is 0.460. The lowest BCUT2D eigenvalue weighted by molar-refractivity contribution is 0.0473. The fourth-order valence-corrected chi connectivity index (χ4v) is 2.68. The van der Waals surface area contributed by atoms with Gasteiger partial charge in [-0.25, -0.2) is 0 Å². The molecule has 1 heterocycles. The van der Waals surface area contributed by atoms with E-state index < -0.39 is 0 Å². The Morgan fingerprint density at radius 1 is 1.33 bits per heavy atom. The molecule has 0 bridgehead atoms. The molecule has 3 N–H and O–H groups in total. The largest absolute Gasteiger partial charge is 0.396 e. The topological polar surface area (TPSA) is 55.7 Å². The van der Waals surface area contributed by atoms with Crippen LogP contribution in [0.5, 0.6) is 0 Å². The van der Waals surface area contributed by atoms with E-state index >= 15 is 0 Å². The Kier molecular flexibility index (Phi) is 7.82. The number of nitrogens with zero attached hydrogens (tertiary/aromatic N) is 1. The minimum Gasteiger partial charge on any atom is -0.396 e.